The minimum Gasteiger partial charge on any atom is -0.387 e. The summed E-state index contributed by atoms with van der Waals surface area (Å²) in [4.78, 5) is 27.7. The maximum atomic E-state index is 14.8. The standard InChI is InChI=1S/C21H23FN6O2/c1-21(2,3)15(29)10-16(23)26-20(30)25-12-6-4-11(5-7-12)13-8-9-14-18(17(13)22)27-28-19(14)24/h4-9H,10H2,1-3H3,(H3,24,27,28)(H3,23,25,26,30). The summed E-state index contributed by atoms with van der Waals surface area (Å²) in [6.45, 7) is 5.31. The number of urea groups is 1. The van der Waals surface area contributed by atoms with Crippen LogP contribution in [0.2, 0.25) is 0 Å². The van der Waals surface area contributed by atoms with Gasteiger partial charge >= 0.3 is 6.03 Å². The number of nitrogen functional groups attached to an aromatic ring is 1. The van der Waals surface area contributed by atoms with Crippen LogP contribution in [-0.2, 0) is 4.79 Å². The first-order valence-corrected chi connectivity index (χ1v) is 9.26. The molecule has 1 aromatic heterocycles. The lowest BCUT2D eigenvalue weighted by atomic mass is 9.89. The summed E-state index contributed by atoms with van der Waals surface area (Å²) in [5, 5.41) is 9.48. The molecular formula is C21H23FN6O2. The fourth-order valence-corrected chi connectivity index (χ4v) is 2.78. The van der Waals surface area contributed by atoms with Crippen LogP contribution in [0.1, 0.15) is 27.2 Å². The number of carbonyl (C=O) groups is 2. The van der Waals surface area contributed by atoms with Crippen LogP contribution >= 0.6 is 0 Å². The number of H-pyrrole nitrogens is 1. The Labute approximate surface area is 172 Å². The van der Waals surface area contributed by atoms with Crippen molar-refractivity contribution in [3.63, 3.8) is 0 Å². The predicted octanol–water partition coefficient (Wildman–Crippen LogP) is 3.85. The van der Waals surface area contributed by atoms with E-state index >= 15 is 0 Å². The zero-order valence-electron chi connectivity index (χ0n) is 16.9. The van der Waals surface area contributed by atoms with Crippen molar-refractivity contribution in [1.29, 1.82) is 0 Å². The van der Waals surface area contributed by atoms with Gasteiger partial charge in [-0.15, -0.1) is 0 Å². The molecule has 0 aliphatic heterocycles. The normalized spacial score (nSPS) is 12.2. The zero-order chi connectivity index (χ0) is 22.1. The lowest BCUT2D eigenvalue weighted by molar-refractivity contribution is -0.125. The van der Waals surface area contributed by atoms with E-state index in [9.17, 15) is 14.0 Å². The maximum absolute atomic E-state index is 14.8. The third-order valence-electron chi connectivity index (χ3n) is 4.58. The lowest BCUT2D eigenvalue weighted by Crippen LogP contribution is -2.27. The summed E-state index contributed by atoms with van der Waals surface area (Å²) in [6, 6.07) is 9.18. The Morgan fingerprint density at radius 1 is 1.17 bits per heavy atom. The lowest BCUT2D eigenvalue weighted by Gasteiger charge is -2.15. The van der Waals surface area contributed by atoms with Gasteiger partial charge in [-0.3, -0.25) is 9.89 Å². The summed E-state index contributed by atoms with van der Waals surface area (Å²) in [6.07, 6.45) is -0.101. The number of Topliss-reactive ketones (excluding diaryl/α,β-unsaturated/α-hetero) is 1. The number of benzene rings is 2. The molecule has 0 saturated heterocycles. The molecule has 0 aliphatic rings. The maximum Gasteiger partial charge on any atom is 0.347 e. The number of nitrogens with one attached hydrogen (secondary N) is 2. The van der Waals surface area contributed by atoms with Gasteiger partial charge in [0, 0.05) is 22.1 Å². The van der Waals surface area contributed by atoms with Crippen LogP contribution in [0, 0.1) is 11.2 Å². The van der Waals surface area contributed by atoms with Gasteiger partial charge in [0.1, 0.15) is 17.1 Å². The first-order valence-electron chi connectivity index (χ1n) is 9.26. The molecule has 0 spiro atoms. The van der Waals surface area contributed by atoms with E-state index in [1.807, 2.05) is 0 Å². The Balaban J connectivity index is 1.72. The number of rotatable bonds is 4. The Kier molecular flexibility index (Phi) is 5.55. The largest absolute Gasteiger partial charge is 0.387 e. The van der Waals surface area contributed by atoms with Crippen LogP contribution < -0.4 is 16.8 Å². The second-order valence-corrected chi connectivity index (χ2v) is 7.92. The van der Waals surface area contributed by atoms with Gasteiger partial charge in [-0.05, 0) is 23.8 Å². The van der Waals surface area contributed by atoms with E-state index in [0.717, 1.165) is 0 Å². The number of anilines is 2. The number of hydrogen-bond acceptors (Lipinski definition) is 4. The number of aromatic amines is 1. The smallest absolute Gasteiger partial charge is 0.347 e. The number of ketones is 1. The van der Waals surface area contributed by atoms with Gasteiger partial charge in [-0.25, -0.2) is 9.18 Å². The molecule has 1 heterocycles. The van der Waals surface area contributed by atoms with Crippen LogP contribution in [0.15, 0.2) is 41.4 Å². The van der Waals surface area contributed by atoms with Crippen LogP contribution in [0.5, 0.6) is 0 Å². The van der Waals surface area contributed by atoms with Crippen LogP contribution in [0.25, 0.3) is 22.0 Å². The van der Waals surface area contributed by atoms with Gasteiger partial charge in [0.05, 0.1) is 6.42 Å². The summed E-state index contributed by atoms with van der Waals surface area (Å²) in [5.74, 6) is -0.399. The molecule has 3 aromatic rings. The molecule has 0 saturated carbocycles. The molecule has 0 unspecified atom stereocenters. The second kappa shape index (κ2) is 7.94. The van der Waals surface area contributed by atoms with E-state index in [2.05, 4.69) is 20.5 Å². The van der Waals surface area contributed by atoms with Crippen LogP contribution in [-0.4, -0.2) is 27.8 Å². The fourth-order valence-electron chi connectivity index (χ4n) is 2.78. The highest BCUT2D eigenvalue weighted by Gasteiger charge is 2.22. The number of fused-ring (bicyclic) bond motifs is 1. The molecule has 3 rings (SSSR count). The SMILES string of the molecule is CC(C)(C)C(=O)CC(N)=NC(=O)Nc1ccc(-c2ccc3c(N)n[nH]c3c2F)cc1. The quantitative estimate of drug-likeness (QED) is 0.382. The highest BCUT2D eigenvalue weighted by Crippen LogP contribution is 2.30. The van der Waals surface area contributed by atoms with Crippen molar-refractivity contribution in [2.75, 3.05) is 11.1 Å². The average Bonchev–Trinajstić information content (AvgIpc) is 3.04. The molecule has 2 amide bonds. The first-order chi connectivity index (χ1) is 14.1. The van der Waals surface area contributed by atoms with Crippen molar-refractivity contribution in [1.82, 2.24) is 10.2 Å². The second-order valence-electron chi connectivity index (χ2n) is 7.92. The Morgan fingerprint density at radius 3 is 2.47 bits per heavy atom. The van der Waals surface area contributed by atoms with Gasteiger partial charge in [-0.2, -0.15) is 10.1 Å². The van der Waals surface area contributed by atoms with Gasteiger partial charge in [0.25, 0.3) is 0 Å². The summed E-state index contributed by atoms with van der Waals surface area (Å²) in [7, 11) is 0. The first kappa shape index (κ1) is 21.0. The van der Waals surface area contributed by atoms with E-state index in [1.54, 1.807) is 57.2 Å². The van der Waals surface area contributed by atoms with Crippen LogP contribution in [0.4, 0.5) is 20.7 Å². The fraction of sp³-hybridized carbons (Fsp3) is 0.238. The highest BCUT2D eigenvalue weighted by atomic mass is 19.1. The number of amidine groups is 1. The van der Waals surface area contributed by atoms with Crippen molar-refractivity contribution >= 4 is 40.1 Å². The van der Waals surface area contributed by atoms with E-state index in [1.165, 1.54) is 0 Å². The van der Waals surface area contributed by atoms with E-state index in [-0.39, 0.29) is 29.4 Å². The molecule has 0 fully saturated rings. The molecule has 0 atom stereocenters. The van der Waals surface area contributed by atoms with Crippen molar-refractivity contribution in [3.8, 4) is 11.1 Å². The highest BCUT2D eigenvalue weighted by molar-refractivity contribution is 6.07. The molecule has 6 N–H and O–H groups in total. The summed E-state index contributed by atoms with van der Waals surface area (Å²) < 4.78 is 14.8. The van der Waals surface area contributed by atoms with Gasteiger partial charge in [-0.1, -0.05) is 39.0 Å². The molecular weight excluding hydrogens is 387 g/mol. The molecule has 0 aliphatic carbocycles. The van der Waals surface area contributed by atoms with Crippen LogP contribution in [0.3, 0.4) is 0 Å². The summed E-state index contributed by atoms with van der Waals surface area (Å²) in [5.41, 5.74) is 12.5. The molecule has 8 nitrogen and oxygen atoms in total. The number of aliphatic imine (C=N–C) groups is 1. The van der Waals surface area contributed by atoms with Crippen molar-refractivity contribution < 1.29 is 14.0 Å². The van der Waals surface area contributed by atoms with Gasteiger partial charge < -0.3 is 16.8 Å². The third kappa shape index (κ3) is 4.45. The Morgan fingerprint density at radius 2 is 1.83 bits per heavy atom. The Hall–Kier alpha value is -3.75. The monoisotopic (exact) mass is 410 g/mol. The topological polar surface area (TPSA) is 139 Å². The van der Waals surface area contributed by atoms with E-state index in [4.69, 9.17) is 11.5 Å². The molecule has 30 heavy (non-hydrogen) atoms. The minimum absolute atomic E-state index is 0.0572. The van der Waals surface area contributed by atoms with E-state index < -0.39 is 17.3 Å². The zero-order valence-corrected chi connectivity index (χ0v) is 16.9. The number of amides is 2. The summed E-state index contributed by atoms with van der Waals surface area (Å²) >= 11 is 0. The number of halogens is 1. The number of nitrogens with zero attached hydrogens (tertiary/aromatic N) is 2. The average molecular weight is 410 g/mol. The number of carbonyl (C=O) groups excluding carboxylic acids is 2. The molecule has 0 radical (unpaired) electrons. The van der Waals surface area contributed by atoms with Gasteiger partial charge in [0.2, 0.25) is 0 Å². The molecule has 0 bridgehead atoms. The number of hydrogen-bond donors (Lipinski definition) is 4. The molecule has 9 heteroatoms. The van der Waals surface area contributed by atoms with Gasteiger partial charge in [0.15, 0.2) is 11.6 Å². The third-order valence-corrected chi connectivity index (χ3v) is 4.58. The number of nitrogens with two attached hydrogens (primary N) is 2. The predicted molar refractivity (Wildman–Crippen MR) is 116 cm³/mol. The minimum atomic E-state index is -0.692. The molecule has 2 aromatic carbocycles. The Bertz CT molecular complexity index is 1140. The van der Waals surface area contributed by atoms with E-state index in [0.29, 0.717) is 22.2 Å². The van der Waals surface area contributed by atoms with Crippen molar-refractivity contribution in [2.24, 2.45) is 16.1 Å². The van der Waals surface area contributed by atoms with Crippen molar-refractivity contribution in [3.05, 3.63) is 42.2 Å². The number of aromatic nitrogens is 2. The van der Waals surface area contributed by atoms with Crippen molar-refractivity contribution in [2.45, 2.75) is 27.2 Å². The molecule has 156 valence electrons.